The van der Waals surface area contributed by atoms with Gasteiger partial charge in [0.2, 0.25) is 0 Å². The summed E-state index contributed by atoms with van der Waals surface area (Å²) in [5.41, 5.74) is 0.979. The van der Waals surface area contributed by atoms with Crippen LogP contribution in [0.1, 0.15) is 18.5 Å². The lowest BCUT2D eigenvalue weighted by Gasteiger charge is -2.29. The molecule has 1 N–H and O–H groups in total. The van der Waals surface area contributed by atoms with E-state index in [0.29, 0.717) is 13.1 Å². The highest BCUT2D eigenvalue weighted by molar-refractivity contribution is 7.13. The number of furan rings is 1. The van der Waals surface area contributed by atoms with E-state index in [1.807, 2.05) is 17.5 Å². The molecule has 1 saturated heterocycles. The van der Waals surface area contributed by atoms with Gasteiger partial charge < -0.3 is 9.52 Å². The second kappa shape index (κ2) is 5.76. The summed E-state index contributed by atoms with van der Waals surface area (Å²) in [4.78, 5) is 17.8. The summed E-state index contributed by atoms with van der Waals surface area (Å²) in [7, 11) is 0. The first-order chi connectivity index (χ1) is 9.72. The van der Waals surface area contributed by atoms with E-state index >= 15 is 0 Å². The third-order valence-corrected chi connectivity index (χ3v) is 4.43. The Kier molecular flexibility index (Phi) is 3.84. The second-order valence-corrected chi connectivity index (χ2v) is 5.89. The molecule has 3 rings (SSSR count). The molecule has 3 heterocycles. The molecule has 2 aromatic heterocycles. The molecule has 0 bridgehead atoms. The predicted octanol–water partition coefficient (Wildman–Crippen LogP) is 2.70. The summed E-state index contributed by atoms with van der Waals surface area (Å²) in [6.45, 7) is 2.27. The summed E-state index contributed by atoms with van der Waals surface area (Å²) in [5.74, 6) is -0.153. The van der Waals surface area contributed by atoms with Crippen molar-refractivity contribution in [2.45, 2.75) is 19.4 Å². The maximum absolute atomic E-state index is 11.1. The van der Waals surface area contributed by atoms with Gasteiger partial charge in [-0.05, 0) is 31.5 Å². The van der Waals surface area contributed by atoms with Gasteiger partial charge in [-0.15, -0.1) is 11.3 Å². The van der Waals surface area contributed by atoms with E-state index < -0.39 is 5.97 Å². The summed E-state index contributed by atoms with van der Waals surface area (Å²) in [6, 6.07) is 3.74. The Morgan fingerprint density at radius 1 is 1.60 bits per heavy atom. The van der Waals surface area contributed by atoms with Crippen molar-refractivity contribution in [2.75, 3.05) is 13.1 Å². The van der Waals surface area contributed by atoms with Crippen molar-refractivity contribution >= 4 is 17.3 Å². The monoisotopic (exact) mass is 292 g/mol. The number of carbonyl (C=O) groups is 1. The Labute approximate surface area is 120 Å². The standard InChI is InChI=1S/C14H16N2O3S/c17-14(18)10-3-1-5-16(7-10)8-11-9-20-13(15-11)12-4-2-6-19-12/h2,4,6,9-10H,1,3,5,7-8H2,(H,17,18)/t10-/m1/s1. The summed E-state index contributed by atoms with van der Waals surface area (Å²) in [5, 5.41) is 12.0. The van der Waals surface area contributed by atoms with Crippen LogP contribution in [0.3, 0.4) is 0 Å². The number of hydrogen-bond acceptors (Lipinski definition) is 5. The van der Waals surface area contributed by atoms with Crippen molar-refractivity contribution in [1.29, 1.82) is 0 Å². The minimum Gasteiger partial charge on any atom is -0.481 e. The van der Waals surface area contributed by atoms with Crippen molar-refractivity contribution in [1.82, 2.24) is 9.88 Å². The maximum Gasteiger partial charge on any atom is 0.307 e. The minimum absolute atomic E-state index is 0.244. The molecule has 0 amide bonds. The van der Waals surface area contributed by atoms with E-state index in [-0.39, 0.29) is 5.92 Å². The molecule has 20 heavy (non-hydrogen) atoms. The van der Waals surface area contributed by atoms with Crippen molar-refractivity contribution in [3.63, 3.8) is 0 Å². The fourth-order valence-electron chi connectivity index (χ4n) is 2.52. The van der Waals surface area contributed by atoms with Gasteiger partial charge in [-0.25, -0.2) is 4.98 Å². The van der Waals surface area contributed by atoms with Crippen LogP contribution in [0, 0.1) is 5.92 Å². The Morgan fingerprint density at radius 3 is 3.25 bits per heavy atom. The Hall–Kier alpha value is -1.66. The zero-order chi connectivity index (χ0) is 13.9. The largest absolute Gasteiger partial charge is 0.481 e. The number of rotatable bonds is 4. The highest BCUT2D eigenvalue weighted by Crippen LogP contribution is 2.25. The van der Waals surface area contributed by atoms with E-state index in [4.69, 9.17) is 9.52 Å². The van der Waals surface area contributed by atoms with Crippen molar-refractivity contribution < 1.29 is 14.3 Å². The fourth-order valence-corrected chi connectivity index (χ4v) is 3.30. The van der Waals surface area contributed by atoms with Gasteiger partial charge in [-0.3, -0.25) is 9.69 Å². The minimum atomic E-state index is -0.691. The first-order valence-corrected chi connectivity index (χ1v) is 7.54. The number of hydrogen-bond donors (Lipinski definition) is 1. The summed E-state index contributed by atoms with van der Waals surface area (Å²) < 4.78 is 5.33. The van der Waals surface area contributed by atoms with Crippen LogP contribution in [0.15, 0.2) is 28.2 Å². The number of nitrogens with zero attached hydrogens (tertiary/aromatic N) is 2. The number of aliphatic carboxylic acids is 1. The topological polar surface area (TPSA) is 66.6 Å². The number of piperidine rings is 1. The van der Waals surface area contributed by atoms with Gasteiger partial charge in [0.05, 0.1) is 17.9 Å². The molecule has 2 aromatic rings. The van der Waals surface area contributed by atoms with Gasteiger partial charge in [-0.1, -0.05) is 0 Å². The highest BCUT2D eigenvalue weighted by atomic mass is 32.1. The molecule has 0 spiro atoms. The molecule has 5 nitrogen and oxygen atoms in total. The molecule has 1 aliphatic heterocycles. The van der Waals surface area contributed by atoms with Crippen LogP contribution in [-0.2, 0) is 11.3 Å². The lowest BCUT2D eigenvalue weighted by Crippen LogP contribution is -2.38. The Morgan fingerprint density at radius 2 is 2.50 bits per heavy atom. The molecule has 0 radical (unpaired) electrons. The third-order valence-electron chi connectivity index (χ3n) is 3.52. The van der Waals surface area contributed by atoms with Gasteiger partial charge in [0, 0.05) is 18.5 Å². The molecule has 0 aromatic carbocycles. The smallest absolute Gasteiger partial charge is 0.307 e. The molecular weight excluding hydrogens is 276 g/mol. The number of likely N-dealkylation sites (tertiary alicyclic amines) is 1. The van der Waals surface area contributed by atoms with Crippen LogP contribution in [0.25, 0.3) is 10.8 Å². The van der Waals surface area contributed by atoms with Gasteiger partial charge in [0.15, 0.2) is 10.8 Å². The van der Waals surface area contributed by atoms with E-state index in [0.717, 1.165) is 35.8 Å². The molecule has 0 aliphatic carbocycles. The average molecular weight is 292 g/mol. The normalized spacial score (nSPS) is 20.1. The molecule has 1 aliphatic rings. The van der Waals surface area contributed by atoms with Crippen molar-refractivity contribution in [2.24, 2.45) is 5.92 Å². The lowest BCUT2D eigenvalue weighted by molar-refractivity contribution is -0.143. The number of carboxylic acids is 1. The molecule has 1 fully saturated rings. The van der Waals surface area contributed by atoms with E-state index in [2.05, 4.69) is 9.88 Å². The highest BCUT2D eigenvalue weighted by Gasteiger charge is 2.25. The third kappa shape index (κ3) is 2.91. The first-order valence-electron chi connectivity index (χ1n) is 6.66. The zero-order valence-corrected chi connectivity index (χ0v) is 11.8. The van der Waals surface area contributed by atoms with Gasteiger partial charge in [-0.2, -0.15) is 0 Å². The molecule has 1 atom stereocenters. The van der Waals surface area contributed by atoms with E-state index in [1.165, 1.54) is 0 Å². The number of aromatic nitrogens is 1. The summed E-state index contributed by atoms with van der Waals surface area (Å²) >= 11 is 1.56. The molecule has 6 heteroatoms. The van der Waals surface area contributed by atoms with Gasteiger partial charge >= 0.3 is 5.97 Å². The lowest BCUT2D eigenvalue weighted by atomic mass is 9.98. The number of carboxylic acid groups (broad SMARTS) is 1. The van der Waals surface area contributed by atoms with E-state index in [9.17, 15) is 4.79 Å². The maximum atomic E-state index is 11.1. The molecular formula is C14H16N2O3S. The Balaban J connectivity index is 1.64. The Bertz CT molecular complexity index is 579. The van der Waals surface area contributed by atoms with Crippen LogP contribution >= 0.6 is 11.3 Å². The average Bonchev–Trinajstić information content (AvgIpc) is 3.09. The quantitative estimate of drug-likeness (QED) is 0.938. The zero-order valence-electron chi connectivity index (χ0n) is 11.0. The number of thiazole rings is 1. The van der Waals surface area contributed by atoms with Crippen molar-refractivity contribution in [3.05, 3.63) is 29.5 Å². The van der Waals surface area contributed by atoms with E-state index in [1.54, 1.807) is 17.6 Å². The fraction of sp³-hybridized carbons (Fsp3) is 0.429. The van der Waals surface area contributed by atoms with Crippen LogP contribution in [0.4, 0.5) is 0 Å². The first kappa shape index (κ1) is 13.3. The SMILES string of the molecule is O=C(O)[C@@H]1CCCN(Cc2csc(-c3ccco3)n2)C1. The van der Waals surface area contributed by atoms with Crippen LogP contribution < -0.4 is 0 Å². The molecule has 0 unspecified atom stereocenters. The second-order valence-electron chi connectivity index (χ2n) is 5.03. The van der Waals surface area contributed by atoms with Crippen LogP contribution in [0.2, 0.25) is 0 Å². The molecule has 0 saturated carbocycles. The van der Waals surface area contributed by atoms with Gasteiger partial charge in [0.25, 0.3) is 0 Å². The molecule has 106 valence electrons. The summed E-state index contributed by atoms with van der Waals surface area (Å²) in [6.07, 6.45) is 3.35. The van der Waals surface area contributed by atoms with Gasteiger partial charge in [0.1, 0.15) is 0 Å². The van der Waals surface area contributed by atoms with Crippen LogP contribution in [-0.4, -0.2) is 34.0 Å². The van der Waals surface area contributed by atoms with Crippen molar-refractivity contribution in [3.8, 4) is 10.8 Å². The van der Waals surface area contributed by atoms with Crippen LogP contribution in [0.5, 0.6) is 0 Å². The predicted molar refractivity (Wildman–Crippen MR) is 75.5 cm³/mol.